The fourth-order valence-electron chi connectivity index (χ4n) is 1.50. The van der Waals surface area contributed by atoms with E-state index < -0.39 is 10.8 Å². The van der Waals surface area contributed by atoms with Crippen LogP contribution < -0.4 is 10.6 Å². The van der Waals surface area contributed by atoms with E-state index in [0.29, 0.717) is 17.9 Å². The van der Waals surface area contributed by atoms with Gasteiger partial charge >= 0.3 is 0 Å². The lowest BCUT2D eigenvalue weighted by atomic mass is 10.2. The molecule has 2 amide bonds. The van der Waals surface area contributed by atoms with E-state index >= 15 is 0 Å². The minimum Gasteiger partial charge on any atom is -0.354 e. The Morgan fingerprint density at radius 2 is 1.71 bits per heavy atom. The number of benzene rings is 1. The molecular formula is C15H22N2O3S. The second-order valence-electron chi connectivity index (χ2n) is 5.56. The summed E-state index contributed by atoms with van der Waals surface area (Å²) in [5.74, 6) is -0.170. The third kappa shape index (κ3) is 6.53. The zero-order valence-corrected chi connectivity index (χ0v) is 13.5. The molecule has 5 nitrogen and oxygen atoms in total. The largest absolute Gasteiger partial charge is 0.354 e. The maximum Gasteiger partial charge on any atom is 0.251 e. The Labute approximate surface area is 128 Å². The highest BCUT2D eigenvalue weighted by Crippen LogP contribution is 2.10. The first-order valence-corrected chi connectivity index (χ1v) is 8.11. The molecule has 1 unspecified atom stereocenters. The molecule has 0 spiro atoms. The molecular weight excluding hydrogens is 288 g/mol. The number of rotatable bonds is 6. The average molecular weight is 310 g/mol. The van der Waals surface area contributed by atoms with Crippen LogP contribution in [0.5, 0.6) is 0 Å². The molecule has 6 heteroatoms. The maximum absolute atomic E-state index is 11.8. The zero-order chi connectivity index (χ0) is 15.9. The van der Waals surface area contributed by atoms with E-state index in [2.05, 4.69) is 10.6 Å². The monoisotopic (exact) mass is 310 g/mol. The van der Waals surface area contributed by atoms with Gasteiger partial charge in [-0.25, -0.2) is 0 Å². The molecule has 0 aliphatic heterocycles. The van der Waals surface area contributed by atoms with Gasteiger partial charge in [-0.15, -0.1) is 0 Å². The molecule has 0 radical (unpaired) electrons. The SMILES string of the molecule is CC(C)(C)S(=O)CCNC(=O)CNC(=O)c1ccccc1. The van der Waals surface area contributed by atoms with Crippen LogP contribution in [0.1, 0.15) is 31.1 Å². The lowest BCUT2D eigenvalue weighted by Crippen LogP contribution is -2.39. The fraction of sp³-hybridized carbons (Fsp3) is 0.467. The van der Waals surface area contributed by atoms with Crippen molar-refractivity contribution in [1.82, 2.24) is 10.6 Å². The number of carbonyl (C=O) groups is 2. The first-order chi connectivity index (χ1) is 9.80. The smallest absolute Gasteiger partial charge is 0.251 e. The molecule has 0 saturated carbocycles. The van der Waals surface area contributed by atoms with Gasteiger partial charge < -0.3 is 10.6 Å². The fourth-order valence-corrected chi connectivity index (χ4v) is 2.40. The Kier molecular flexibility index (Phi) is 6.55. The molecule has 21 heavy (non-hydrogen) atoms. The van der Waals surface area contributed by atoms with Gasteiger partial charge in [0.05, 0.1) is 6.54 Å². The summed E-state index contributed by atoms with van der Waals surface area (Å²) < 4.78 is 11.5. The van der Waals surface area contributed by atoms with Crippen molar-refractivity contribution in [2.24, 2.45) is 0 Å². The Bertz CT molecular complexity index is 509. The summed E-state index contributed by atoms with van der Waals surface area (Å²) in [5, 5.41) is 5.19. The first-order valence-electron chi connectivity index (χ1n) is 6.79. The van der Waals surface area contributed by atoms with Crippen molar-refractivity contribution < 1.29 is 13.8 Å². The second-order valence-corrected chi connectivity index (χ2v) is 7.88. The molecule has 116 valence electrons. The average Bonchev–Trinajstić information content (AvgIpc) is 2.44. The van der Waals surface area contributed by atoms with Crippen LogP contribution in [0.3, 0.4) is 0 Å². The van der Waals surface area contributed by atoms with Gasteiger partial charge in [-0.2, -0.15) is 0 Å². The Hall–Kier alpha value is -1.69. The highest BCUT2D eigenvalue weighted by atomic mass is 32.2. The third-order valence-corrected chi connectivity index (χ3v) is 4.68. The van der Waals surface area contributed by atoms with Gasteiger partial charge in [-0.05, 0) is 32.9 Å². The Morgan fingerprint density at radius 3 is 2.29 bits per heavy atom. The van der Waals surface area contributed by atoms with Crippen LogP contribution in [0.15, 0.2) is 30.3 Å². The summed E-state index contributed by atoms with van der Waals surface area (Å²) in [6.07, 6.45) is 0. The van der Waals surface area contributed by atoms with Crippen molar-refractivity contribution >= 4 is 22.6 Å². The van der Waals surface area contributed by atoms with E-state index in [1.165, 1.54) is 0 Å². The van der Waals surface area contributed by atoms with Crippen LogP contribution in [-0.2, 0) is 15.6 Å². The van der Waals surface area contributed by atoms with Crippen LogP contribution in [0.4, 0.5) is 0 Å². The number of hydrogen-bond donors (Lipinski definition) is 2. The van der Waals surface area contributed by atoms with E-state index in [9.17, 15) is 13.8 Å². The summed E-state index contributed by atoms with van der Waals surface area (Å²) in [6.45, 7) is 5.93. The van der Waals surface area contributed by atoms with E-state index in [4.69, 9.17) is 0 Å². The number of nitrogens with one attached hydrogen (secondary N) is 2. The number of amides is 2. The molecule has 0 aliphatic carbocycles. The van der Waals surface area contributed by atoms with Crippen molar-refractivity contribution in [3.63, 3.8) is 0 Å². The highest BCUT2D eigenvalue weighted by Gasteiger charge is 2.18. The van der Waals surface area contributed by atoms with Crippen molar-refractivity contribution in [3.05, 3.63) is 35.9 Å². The minimum absolute atomic E-state index is 0.0874. The molecule has 1 aromatic rings. The van der Waals surface area contributed by atoms with Gasteiger partial charge in [0.15, 0.2) is 0 Å². The summed E-state index contributed by atoms with van der Waals surface area (Å²) in [6, 6.07) is 8.70. The zero-order valence-electron chi connectivity index (χ0n) is 12.6. The number of carbonyl (C=O) groups excluding carboxylic acids is 2. The van der Waals surface area contributed by atoms with Crippen LogP contribution in [0, 0.1) is 0 Å². The molecule has 0 fully saturated rings. The molecule has 0 aromatic heterocycles. The molecule has 0 heterocycles. The predicted molar refractivity (Wildman–Crippen MR) is 84.5 cm³/mol. The summed E-state index contributed by atoms with van der Waals surface area (Å²) in [5.41, 5.74) is 0.513. The van der Waals surface area contributed by atoms with E-state index in [1.54, 1.807) is 24.3 Å². The van der Waals surface area contributed by atoms with Crippen molar-refractivity contribution in [1.29, 1.82) is 0 Å². The van der Waals surface area contributed by atoms with Crippen molar-refractivity contribution in [2.75, 3.05) is 18.8 Å². The summed E-state index contributed by atoms with van der Waals surface area (Å²) in [4.78, 5) is 23.3. The molecule has 1 rings (SSSR count). The topological polar surface area (TPSA) is 75.3 Å². The van der Waals surface area contributed by atoms with Gasteiger partial charge in [0, 0.05) is 33.4 Å². The molecule has 1 aromatic carbocycles. The number of hydrogen-bond acceptors (Lipinski definition) is 3. The normalized spacial score (nSPS) is 12.5. The van der Waals surface area contributed by atoms with E-state index in [1.807, 2.05) is 26.8 Å². The van der Waals surface area contributed by atoms with Crippen LogP contribution in [-0.4, -0.2) is 39.6 Å². The second kappa shape index (κ2) is 7.93. The first kappa shape index (κ1) is 17.4. The quantitative estimate of drug-likeness (QED) is 0.825. The van der Waals surface area contributed by atoms with Crippen LogP contribution in [0.2, 0.25) is 0 Å². The van der Waals surface area contributed by atoms with Crippen molar-refractivity contribution in [2.45, 2.75) is 25.5 Å². The predicted octanol–water partition coefficient (Wildman–Crippen LogP) is 1.08. The summed E-state index contributed by atoms with van der Waals surface area (Å²) >= 11 is 0. The van der Waals surface area contributed by atoms with Gasteiger partial charge in [-0.3, -0.25) is 13.8 Å². The minimum atomic E-state index is -0.998. The van der Waals surface area contributed by atoms with E-state index in [-0.39, 0.29) is 23.1 Å². The maximum atomic E-state index is 11.8. The Balaban J connectivity index is 2.26. The molecule has 0 saturated heterocycles. The van der Waals surface area contributed by atoms with Gasteiger partial charge in [-0.1, -0.05) is 18.2 Å². The Morgan fingerprint density at radius 1 is 1.10 bits per heavy atom. The standard InChI is InChI=1S/C15H22N2O3S/c1-15(2,3)21(20)10-9-16-13(18)11-17-14(19)12-7-5-4-6-8-12/h4-8H,9-11H2,1-3H3,(H,16,18)(H,17,19). The highest BCUT2D eigenvalue weighted by molar-refractivity contribution is 7.86. The molecule has 2 N–H and O–H groups in total. The lowest BCUT2D eigenvalue weighted by Gasteiger charge is -2.17. The molecule has 1 atom stereocenters. The van der Waals surface area contributed by atoms with Crippen LogP contribution >= 0.6 is 0 Å². The van der Waals surface area contributed by atoms with Gasteiger partial charge in [0.2, 0.25) is 5.91 Å². The lowest BCUT2D eigenvalue weighted by molar-refractivity contribution is -0.120. The molecule has 0 bridgehead atoms. The molecule has 0 aliphatic rings. The summed E-state index contributed by atoms with van der Waals surface area (Å²) in [7, 11) is -0.998. The van der Waals surface area contributed by atoms with Gasteiger partial charge in [0.1, 0.15) is 0 Å². The van der Waals surface area contributed by atoms with E-state index in [0.717, 1.165) is 0 Å². The van der Waals surface area contributed by atoms with Gasteiger partial charge in [0.25, 0.3) is 5.91 Å². The van der Waals surface area contributed by atoms with Crippen LogP contribution in [0.25, 0.3) is 0 Å². The third-order valence-electron chi connectivity index (χ3n) is 2.74. The van der Waals surface area contributed by atoms with Crippen molar-refractivity contribution in [3.8, 4) is 0 Å².